The monoisotopic (exact) mass is 583 g/mol. The van der Waals surface area contributed by atoms with Crippen LogP contribution in [0.4, 0.5) is 5.69 Å². The summed E-state index contributed by atoms with van der Waals surface area (Å²) < 4.78 is 5.32. The molecule has 2 unspecified atom stereocenters. The summed E-state index contributed by atoms with van der Waals surface area (Å²) in [4.78, 5) is 70.5. The fourth-order valence-corrected chi connectivity index (χ4v) is 6.94. The molecule has 2 fully saturated rings. The van der Waals surface area contributed by atoms with Crippen LogP contribution in [0.2, 0.25) is 0 Å². The number of phenols is 1. The molecule has 4 aliphatic rings. The van der Waals surface area contributed by atoms with Crippen molar-refractivity contribution in [1.82, 2.24) is 9.80 Å². The predicted octanol–water partition coefficient (Wildman–Crippen LogP) is 0.277. The van der Waals surface area contributed by atoms with E-state index < -0.39 is 69.6 Å². The number of likely N-dealkylation sites (N-methyl/N-ethyl adjacent to an activating group) is 1. The second kappa shape index (κ2) is 10.2. The van der Waals surface area contributed by atoms with Gasteiger partial charge in [-0.2, -0.15) is 0 Å². The zero-order valence-electron chi connectivity index (χ0n) is 23.7. The lowest BCUT2D eigenvalue weighted by molar-refractivity contribution is -0.134. The van der Waals surface area contributed by atoms with Crippen molar-refractivity contribution in [1.29, 1.82) is 0 Å². The number of carbonyl (C=O) groups is 4. The highest BCUT2D eigenvalue weighted by Gasteiger charge is 2.66. The molecule has 0 aromatic heterocycles. The fourth-order valence-electron chi connectivity index (χ4n) is 6.94. The number of nitrogens with two attached hydrogens (primary N) is 1. The van der Waals surface area contributed by atoms with Crippen LogP contribution in [0.15, 0.2) is 28.1 Å². The zero-order valence-corrected chi connectivity index (χ0v) is 23.7. The first-order valence-corrected chi connectivity index (χ1v) is 13.5. The number of nitroso groups, excluding NO2 is 1. The van der Waals surface area contributed by atoms with Gasteiger partial charge >= 0.3 is 0 Å². The number of aromatic hydroxyl groups is 1. The summed E-state index contributed by atoms with van der Waals surface area (Å²) in [7, 11) is 6.51. The number of hydrogen-bond donors (Lipinski definition) is 4. The number of nitrogens with zero attached hydrogens (tertiary/aromatic N) is 4. The minimum absolute atomic E-state index is 0.0525. The molecule has 1 saturated carbocycles. The van der Waals surface area contributed by atoms with Crippen molar-refractivity contribution in [3.05, 3.63) is 44.6 Å². The van der Waals surface area contributed by atoms with Crippen LogP contribution in [0.5, 0.6) is 5.75 Å². The summed E-state index contributed by atoms with van der Waals surface area (Å²) in [6, 6.07) is 0.331. The largest absolute Gasteiger partial charge is 0.508 e. The fraction of sp³-hybridized carbons (Fsp3) is 0.500. The molecule has 42 heavy (non-hydrogen) atoms. The van der Waals surface area contributed by atoms with Gasteiger partial charge in [-0.25, -0.2) is 0 Å². The van der Waals surface area contributed by atoms with Crippen molar-refractivity contribution >= 4 is 34.8 Å². The van der Waals surface area contributed by atoms with Crippen molar-refractivity contribution in [2.75, 3.05) is 59.4 Å². The molecular formula is C28H33N5O9. The molecule has 5 rings (SSSR count). The first-order chi connectivity index (χ1) is 19.8. The van der Waals surface area contributed by atoms with E-state index in [4.69, 9.17) is 10.5 Å². The summed E-state index contributed by atoms with van der Waals surface area (Å²) in [6.45, 7) is 1.25. The Labute approximate surface area is 241 Å². The molecule has 3 aliphatic carbocycles. The Morgan fingerprint density at radius 3 is 2.31 bits per heavy atom. The SMILES string of the molecule is CN(C)c1cc(C(=O)N2CCOCC2)c(O)c2c1CC1CC3[C@H](N(C)C)C(=O)C(C(N)=O)=C(O)[C@@]3(N=O)C(=O)C1=C2O. The first kappa shape index (κ1) is 29.2. The average Bonchev–Trinajstić information content (AvgIpc) is 2.92. The third-order valence-electron chi connectivity index (χ3n) is 8.85. The number of aliphatic hydroxyl groups excluding tert-OH is 2. The number of carbonyl (C=O) groups excluding carboxylic acids is 4. The molecule has 0 radical (unpaired) electrons. The summed E-state index contributed by atoms with van der Waals surface area (Å²) in [5.41, 5.74) is 2.32. The van der Waals surface area contributed by atoms with Crippen molar-refractivity contribution in [2.24, 2.45) is 22.7 Å². The highest BCUT2D eigenvalue weighted by atomic mass is 16.5. The number of hydrogen-bond acceptors (Lipinski definition) is 12. The standard InChI is InChI=1S/C28H33N5O9/c1-31(2)16-11-14(27(40)33-5-7-42-8-6-33)21(34)18-13(16)9-12-10-15-20(32(3)4)23(36)19(26(29)39)25(38)28(15,30-41)24(37)17(12)22(18)35/h11-12,15,20,34-35,38H,5-10H2,1-4H3,(H2,29,39)/t12?,15?,20-,28-/m0/s1. The molecule has 0 bridgehead atoms. The van der Waals surface area contributed by atoms with E-state index in [9.17, 15) is 39.4 Å². The number of Topliss-reactive ketones (excluding diaryl/α,β-unsaturated/α-hetero) is 2. The van der Waals surface area contributed by atoms with Crippen molar-refractivity contribution in [3.63, 3.8) is 0 Å². The third kappa shape index (κ3) is 3.92. The van der Waals surface area contributed by atoms with E-state index in [0.29, 0.717) is 37.6 Å². The summed E-state index contributed by atoms with van der Waals surface area (Å²) >= 11 is 0. The molecule has 14 nitrogen and oxygen atoms in total. The number of aliphatic hydroxyl groups is 2. The second-order valence-electron chi connectivity index (χ2n) is 11.5. The van der Waals surface area contributed by atoms with Gasteiger partial charge in [-0.05, 0) is 49.7 Å². The minimum Gasteiger partial charge on any atom is -0.508 e. The number of phenolic OH excluding ortho intramolecular Hbond substituents is 1. The maximum Gasteiger partial charge on any atom is 0.257 e. The Kier molecular flexibility index (Phi) is 7.10. The summed E-state index contributed by atoms with van der Waals surface area (Å²) in [5.74, 6) is -8.06. The highest BCUT2D eigenvalue weighted by molar-refractivity contribution is 6.25. The van der Waals surface area contributed by atoms with Crippen molar-refractivity contribution < 1.29 is 39.2 Å². The number of rotatable bonds is 5. The molecule has 1 heterocycles. The van der Waals surface area contributed by atoms with Crippen LogP contribution in [-0.2, 0) is 25.5 Å². The van der Waals surface area contributed by atoms with Crippen molar-refractivity contribution in [3.8, 4) is 5.75 Å². The topological polar surface area (TPSA) is 203 Å². The van der Waals surface area contributed by atoms with Gasteiger partial charge in [0.05, 0.1) is 30.4 Å². The Hall–Kier alpha value is -4.30. The molecule has 1 aromatic rings. The molecular weight excluding hydrogens is 550 g/mol. The van der Waals surface area contributed by atoms with Gasteiger partial charge in [0.25, 0.3) is 11.8 Å². The number of ketones is 2. The lowest BCUT2D eigenvalue weighted by Crippen LogP contribution is -2.64. The van der Waals surface area contributed by atoms with Crippen LogP contribution in [0, 0.1) is 16.7 Å². The van der Waals surface area contributed by atoms with Crippen LogP contribution in [-0.4, -0.2) is 115 Å². The van der Waals surface area contributed by atoms with Gasteiger partial charge in [0.1, 0.15) is 22.8 Å². The Morgan fingerprint density at radius 1 is 1.12 bits per heavy atom. The molecule has 0 spiro atoms. The Balaban J connectivity index is 1.75. The number of morpholine rings is 1. The first-order valence-electron chi connectivity index (χ1n) is 13.5. The van der Waals surface area contributed by atoms with Gasteiger partial charge in [0.2, 0.25) is 11.3 Å². The van der Waals surface area contributed by atoms with Crippen LogP contribution in [0.1, 0.15) is 27.9 Å². The third-order valence-corrected chi connectivity index (χ3v) is 8.85. The van der Waals surface area contributed by atoms with E-state index in [2.05, 4.69) is 5.18 Å². The molecule has 1 saturated heterocycles. The van der Waals surface area contributed by atoms with Gasteiger partial charge in [-0.1, -0.05) is 0 Å². The number of primary amides is 1. The Morgan fingerprint density at radius 2 is 1.76 bits per heavy atom. The zero-order chi connectivity index (χ0) is 30.8. The second-order valence-corrected chi connectivity index (χ2v) is 11.5. The predicted molar refractivity (Wildman–Crippen MR) is 149 cm³/mol. The number of amides is 2. The lowest BCUT2D eigenvalue weighted by Gasteiger charge is -2.49. The van der Waals surface area contributed by atoms with Crippen molar-refractivity contribution in [2.45, 2.75) is 24.4 Å². The molecule has 1 aromatic carbocycles. The van der Waals surface area contributed by atoms with E-state index in [-0.39, 0.29) is 29.5 Å². The quantitative estimate of drug-likeness (QED) is 0.274. The van der Waals surface area contributed by atoms with E-state index in [1.807, 2.05) is 0 Å². The number of anilines is 1. The molecule has 1 aliphatic heterocycles. The number of fused-ring (bicyclic) bond motifs is 3. The minimum atomic E-state index is -2.62. The highest BCUT2D eigenvalue weighted by Crippen LogP contribution is 2.55. The lowest BCUT2D eigenvalue weighted by atomic mass is 9.56. The van der Waals surface area contributed by atoms with Gasteiger partial charge in [0, 0.05) is 44.4 Å². The normalized spacial score (nSPS) is 27.5. The van der Waals surface area contributed by atoms with Crippen LogP contribution in [0.3, 0.4) is 0 Å². The van der Waals surface area contributed by atoms with Crippen LogP contribution < -0.4 is 10.6 Å². The van der Waals surface area contributed by atoms with E-state index >= 15 is 0 Å². The van der Waals surface area contributed by atoms with E-state index in [0.717, 1.165) is 0 Å². The maximum absolute atomic E-state index is 14.2. The van der Waals surface area contributed by atoms with Crippen LogP contribution >= 0.6 is 0 Å². The summed E-state index contributed by atoms with van der Waals surface area (Å²) in [6.07, 6.45) is 0.0452. The van der Waals surface area contributed by atoms with Gasteiger partial charge < -0.3 is 35.6 Å². The maximum atomic E-state index is 14.2. The molecule has 14 heteroatoms. The summed E-state index contributed by atoms with van der Waals surface area (Å²) in [5, 5.41) is 37.2. The molecule has 2 amide bonds. The Bertz CT molecular complexity index is 1490. The van der Waals surface area contributed by atoms with E-state index in [1.54, 1.807) is 19.0 Å². The van der Waals surface area contributed by atoms with E-state index in [1.165, 1.54) is 30.0 Å². The smallest absolute Gasteiger partial charge is 0.257 e. The van der Waals surface area contributed by atoms with Gasteiger partial charge in [0.15, 0.2) is 5.78 Å². The van der Waals surface area contributed by atoms with Gasteiger partial charge in [-0.15, -0.1) is 4.91 Å². The number of ether oxygens (including phenoxy) is 1. The average molecular weight is 584 g/mol. The van der Waals surface area contributed by atoms with Gasteiger partial charge in [-0.3, -0.25) is 24.1 Å². The van der Waals surface area contributed by atoms with Crippen LogP contribution in [0.25, 0.3) is 5.76 Å². The number of benzene rings is 1. The molecule has 4 atom stereocenters. The molecule has 224 valence electrons. The molecule has 5 N–H and O–H groups in total.